The van der Waals surface area contributed by atoms with E-state index in [1.165, 1.54) is 12.8 Å². The molecule has 0 aliphatic rings. The number of aryl methyl sites for hydroxylation is 1. The van der Waals surface area contributed by atoms with Crippen LogP contribution in [0.25, 0.3) is 0 Å². The largest absolute Gasteiger partial charge is 0.476 e. The van der Waals surface area contributed by atoms with Gasteiger partial charge in [0.2, 0.25) is 5.88 Å². The summed E-state index contributed by atoms with van der Waals surface area (Å²) in [7, 11) is 0. The minimum Gasteiger partial charge on any atom is -0.476 e. The Labute approximate surface area is 103 Å². The number of ether oxygens (including phenoxy) is 1. The molecule has 0 aliphatic carbocycles. The highest BCUT2D eigenvalue weighted by Crippen LogP contribution is 2.13. The van der Waals surface area contributed by atoms with Crippen LogP contribution in [-0.2, 0) is 0 Å². The lowest BCUT2D eigenvalue weighted by atomic mass is 10.2. The molecule has 0 atom stereocenters. The number of hydrogen-bond donors (Lipinski definition) is 2. The third-order valence-electron chi connectivity index (χ3n) is 2.27. The topological polar surface area (TPSA) is 73.1 Å². The third-order valence-corrected chi connectivity index (χ3v) is 2.27. The smallest absolute Gasteiger partial charge is 0.218 e. The van der Waals surface area contributed by atoms with Crippen molar-refractivity contribution in [2.75, 3.05) is 25.0 Å². The Morgan fingerprint density at radius 3 is 2.88 bits per heavy atom. The van der Waals surface area contributed by atoms with E-state index in [4.69, 9.17) is 10.5 Å². The van der Waals surface area contributed by atoms with E-state index in [9.17, 15) is 0 Å². The molecule has 17 heavy (non-hydrogen) atoms. The Morgan fingerprint density at radius 1 is 1.35 bits per heavy atom. The number of unbranched alkanes of at least 4 members (excludes halogenated alkanes) is 2. The van der Waals surface area contributed by atoms with Crippen molar-refractivity contribution in [3.63, 3.8) is 0 Å². The highest BCUT2D eigenvalue weighted by molar-refractivity contribution is 5.38. The third kappa shape index (κ3) is 5.49. The molecule has 0 saturated heterocycles. The van der Waals surface area contributed by atoms with Crippen LogP contribution in [0.15, 0.2) is 6.07 Å². The molecule has 0 saturated carbocycles. The summed E-state index contributed by atoms with van der Waals surface area (Å²) in [4.78, 5) is 8.49. The van der Waals surface area contributed by atoms with Crippen molar-refractivity contribution in [2.45, 2.75) is 33.1 Å². The van der Waals surface area contributed by atoms with Crippen molar-refractivity contribution in [2.24, 2.45) is 5.73 Å². The average Bonchev–Trinajstić information content (AvgIpc) is 2.31. The van der Waals surface area contributed by atoms with E-state index >= 15 is 0 Å². The van der Waals surface area contributed by atoms with Gasteiger partial charge in [-0.2, -0.15) is 4.98 Å². The number of hydrogen-bond acceptors (Lipinski definition) is 5. The van der Waals surface area contributed by atoms with Gasteiger partial charge in [-0.1, -0.05) is 19.8 Å². The predicted octanol–water partition coefficient (Wildman–Crippen LogP) is 1.72. The lowest BCUT2D eigenvalue weighted by molar-refractivity contribution is 0.314. The number of aromatic nitrogens is 2. The summed E-state index contributed by atoms with van der Waals surface area (Å²) in [6.07, 6.45) is 3.60. The Hall–Kier alpha value is -1.36. The number of nitrogens with two attached hydrogens (primary N) is 1. The molecule has 5 nitrogen and oxygen atoms in total. The Kier molecular flexibility index (Phi) is 6.32. The zero-order chi connectivity index (χ0) is 12.5. The van der Waals surface area contributed by atoms with Crippen LogP contribution >= 0.6 is 0 Å². The van der Waals surface area contributed by atoms with Crippen molar-refractivity contribution < 1.29 is 4.74 Å². The summed E-state index contributed by atoms with van der Waals surface area (Å²) >= 11 is 0. The van der Waals surface area contributed by atoms with Gasteiger partial charge in [-0.3, -0.25) is 0 Å². The number of anilines is 1. The molecule has 0 bridgehead atoms. The molecule has 0 radical (unpaired) electrons. The van der Waals surface area contributed by atoms with Gasteiger partial charge >= 0.3 is 0 Å². The zero-order valence-corrected chi connectivity index (χ0v) is 10.7. The minimum absolute atomic E-state index is 0.478. The summed E-state index contributed by atoms with van der Waals surface area (Å²) in [5.74, 6) is 2.11. The zero-order valence-electron chi connectivity index (χ0n) is 10.7. The monoisotopic (exact) mass is 238 g/mol. The molecule has 1 rings (SSSR count). The second-order valence-electron chi connectivity index (χ2n) is 3.91. The van der Waals surface area contributed by atoms with Crippen LogP contribution < -0.4 is 15.8 Å². The maximum absolute atomic E-state index is 5.39. The second-order valence-corrected chi connectivity index (χ2v) is 3.91. The summed E-state index contributed by atoms with van der Waals surface area (Å²) in [5, 5.41) is 3.27. The van der Waals surface area contributed by atoms with Crippen LogP contribution in [0.1, 0.15) is 32.0 Å². The van der Waals surface area contributed by atoms with Gasteiger partial charge < -0.3 is 15.8 Å². The molecule has 1 aromatic rings. The second kappa shape index (κ2) is 7.84. The standard InChI is InChI=1S/C12H22N4O/c1-3-4-5-7-14-11-9-12(17-8-6-13)16-10(2)15-11/h9H,3-8,13H2,1-2H3,(H,14,15,16). The maximum Gasteiger partial charge on any atom is 0.218 e. The van der Waals surface area contributed by atoms with E-state index in [0.717, 1.165) is 18.8 Å². The first-order chi connectivity index (χ1) is 8.26. The van der Waals surface area contributed by atoms with E-state index in [0.29, 0.717) is 24.9 Å². The van der Waals surface area contributed by atoms with Crippen LogP contribution in [0.4, 0.5) is 5.82 Å². The molecule has 3 N–H and O–H groups in total. The van der Waals surface area contributed by atoms with Gasteiger partial charge in [0, 0.05) is 19.2 Å². The predicted molar refractivity (Wildman–Crippen MR) is 69.3 cm³/mol. The van der Waals surface area contributed by atoms with Crippen molar-refractivity contribution in [3.8, 4) is 5.88 Å². The molecule has 0 spiro atoms. The van der Waals surface area contributed by atoms with Gasteiger partial charge in [-0.15, -0.1) is 0 Å². The minimum atomic E-state index is 0.478. The number of nitrogens with one attached hydrogen (secondary N) is 1. The molecule has 0 fully saturated rings. The molecular formula is C12H22N4O. The summed E-state index contributed by atoms with van der Waals surface area (Å²) in [5.41, 5.74) is 5.38. The van der Waals surface area contributed by atoms with Gasteiger partial charge in [0.15, 0.2) is 0 Å². The van der Waals surface area contributed by atoms with Crippen molar-refractivity contribution in [3.05, 3.63) is 11.9 Å². The Morgan fingerprint density at radius 2 is 2.18 bits per heavy atom. The first-order valence-electron chi connectivity index (χ1n) is 6.18. The summed E-state index contributed by atoms with van der Waals surface area (Å²) in [6.45, 7) is 5.94. The summed E-state index contributed by atoms with van der Waals surface area (Å²) < 4.78 is 5.39. The van der Waals surface area contributed by atoms with Gasteiger partial charge in [0.25, 0.3) is 0 Å². The van der Waals surface area contributed by atoms with Crippen LogP contribution in [-0.4, -0.2) is 29.7 Å². The van der Waals surface area contributed by atoms with Crippen LogP contribution in [0, 0.1) is 6.92 Å². The van der Waals surface area contributed by atoms with Crippen molar-refractivity contribution in [1.29, 1.82) is 0 Å². The lowest BCUT2D eigenvalue weighted by Crippen LogP contribution is -2.12. The van der Waals surface area contributed by atoms with E-state index in [-0.39, 0.29) is 0 Å². The van der Waals surface area contributed by atoms with Crippen LogP contribution in [0.5, 0.6) is 5.88 Å². The first-order valence-corrected chi connectivity index (χ1v) is 6.18. The SMILES string of the molecule is CCCCCNc1cc(OCCN)nc(C)n1. The molecule has 1 aromatic heterocycles. The van der Waals surface area contributed by atoms with Gasteiger partial charge in [0.05, 0.1) is 0 Å². The Balaban J connectivity index is 2.50. The highest BCUT2D eigenvalue weighted by Gasteiger charge is 2.02. The molecular weight excluding hydrogens is 216 g/mol. The quantitative estimate of drug-likeness (QED) is 0.675. The van der Waals surface area contributed by atoms with Crippen molar-refractivity contribution in [1.82, 2.24) is 9.97 Å². The highest BCUT2D eigenvalue weighted by atomic mass is 16.5. The van der Waals surface area contributed by atoms with Gasteiger partial charge in [-0.05, 0) is 13.3 Å². The molecule has 1 heterocycles. The molecule has 0 aromatic carbocycles. The fourth-order valence-electron chi connectivity index (χ4n) is 1.46. The fraction of sp³-hybridized carbons (Fsp3) is 0.667. The molecule has 5 heteroatoms. The van der Waals surface area contributed by atoms with E-state index < -0.39 is 0 Å². The molecule has 0 unspecified atom stereocenters. The molecule has 0 amide bonds. The van der Waals surface area contributed by atoms with E-state index in [2.05, 4.69) is 22.2 Å². The van der Waals surface area contributed by atoms with Crippen LogP contribution in [0.3, 0.4) is 0 Å². The maximum atomic E-state index is 5.39. The van der Waals surface area contributed by atoms with Crippen molar-refractivity contribution >= 4 is 5.82 Å². The van der Waals surface area contributed by atoms with E-state index in [1.54, 1.807) is 0 Å². The molecule has 96 valence electrons. The molecule has 0 aliphatic heterocycles. The van der Waals surface area contributed by atoms with Crippen LogP contribution in [0.2, 0.25) is 0 Å². The average molecular weight is 238 g/mol. The van der Waals surface area contributed by atoms with Gasteiger partial charge in [-0.25, -0.2) is 4.98 Å². The van der Waals surface area contributed by atoms with E-state index in [1.807, 2.05) is 13.0 Å². The normalized spacial score (nSPS) is 10.3. The fourth-order valence-corrected chi connectivity index (χ4v) is 1.46. The summed E-state index contributed by atoms with van der Waals surface area (Å²) in [6, 6.07) is 1.81. The number of nitrogens with zero attached hydrogens (tertiary/aromatic N) is 2. The number of rotatable bonds is 8. The lowest BCUT2D eigenvalue weighted by Gasteiger charge is -2.08. The Bertz CT molecular complexity index is 330. The first kappa shape index (κ1) is 13.7. The van der Waals surface area contributed by atoms with Gasteiger partial charge in [0.1, 0.15) is 18.2 Å².